The van der Waals surface area contributed by atoms with Crippen molar-refractivity contribution in [2.75, 3.05) is 36.7 Å². The smallest absolute Gasteiger partial charge is 0.251 e. The molecule has 0 aromatic heterocycles. The number of nitrogens with one attached hydrogen (secondary N) is 1. The minimum Gasteiger partial charge on any atom is -0.352 e. The van der Waals surface area contributed by atoms with Gasteiger partial charge in [-0.05, 0) is 74.8 Å². The molecule has 168 valence electrons. The van der Waals surface area contributed by atoms with Gasteiger partial charge in [-0.3, -0.25) is 9.10 Å². The van der Waals surface area contributed by atoms with Crippen LogP contribution in [0.25, 0.3) is 0 Å². The lowest BCUT2D eigenvalue weighted by molar-refractivity contribution is 0.0952. The molecule has 2 aromatic carbocycles. The lowest BCUT2D eigenvalue weighted by Gasteiger charge is -2.23. The number of halogens is 2. The zero-order valence-electron chi connectivity index (χ0n) is 17.5. The molecule has 2 aromatic rings. The Morgan fingerprint density at radius 1 is 1.10 bits per heavy atom. The second-order valence-electron chi connectivity index (χ2n) is 7.69. The van der Waals surface area contributed by atoms with E-state index in [4.69, 9.17) is 23.2 Å². The molecule has 1 aliphatic heterocycles. The molecule has 0 spiro atoms. The van der Waals surface area contributed by atoms with Crippen LogP contribution in [-0.4, -0.2) is 51.7 Å². The number of benzene rings is 2. The van der Waals surface area contributed by atoms with Gasteiger partial charge in [-0.1, -0.05) is 35.3 Å². The molecule has 31 heavy (non-hydrogen) atoms. The van der Waals surface area contributed by atoms with Crippen molar-refractivity contribution in [3.63, 3.8) is 0 Å². The minimum atomic E-state index is -3.58. The molecule has 0 bridgehead atoms. The Balaban J connectivity index is 1.64. The number of sulfonamides is 1. The molecule has 0 atom stereocenters. The summed E-state index contributed by atoms with van der Waals surface area (Å²) in [6, 6.07) is 11.6. The first-order valence-corrected chi connectivity index (χ1v) is 12.9. The van der Waals surface area contributed by atoms with Crippen LogP contribution < -0.4 is 9.62 Å². The van der Waals surface area contributed by atoms with Gasteiger partial charge < -0.3 is 10.2 Å². The maximum absolute atomic E-state index is 12.4. The van der Waals surface area contributed by atoms with Crippen LogP contribution in [0.15, 0.2) is 42.5 Å². The number of amides is 1. The SMILES string of the molecule is CS(=O)(=O)N(Cc1cccc(Cl)c1Cl)c1ccc(C(=O)NCCCN2CCCC2)cc1. The van der Waals surface area contributed by atoms with Gasteiger partial charge in [0.1, 0.15) is 0 Å². The van der Waals surface area contributed by atoms with Crippen molar-refractivity contribution < 1.29 is 13.2 Å². The Morgan fingerprint density at radius 3 is 2.42 bits per heavy atom. The summed E-state index contributed by atoms with van der Waals surface area (Å²) in [5, 5.41) is 3.61. The van der Waals surface area contributed by atoms with E-state index in [1.165, 1.54) is 17.1 Å². The molecule has 6 nitrogen and oxygen atoms in total. The Morgan fingerprint density at radius 2 is 1.77 bits per heavy atom. The van der Waals surface area contributed by atoms with Gasteiger partial charge in [-0.2, -0.15) is 0 Å². The number of hydrogen-bond donors (Lipinski definition) is 1. The van der Waals surface area contributed by atoms with E-state index in [0.29, 0.717) is 33.4 Å². The highest BCUT2D eigenvalue weighted by molar-refractivity contribution is 7.92. The summed E-state index contributed by atoms with van der Waals surface area (Å²) in [5.41, 5.74) is 1.53. The molecule has 1 saturated heterocycles. The zero-order valence-corrected chi connectivity index (χ0v) is 19.8. The Bertz CT molecular complexity index is 1010. The van der Waals surface area contributed by atoms with E-state index in [2.05, 4.69) is 10.2 Å². The van der Waals surface area contributed by atoms with Gasteiger partial charge >= 0.3 is 0 Å². The Labute approximate surface area is 194 Å². The number of anilines is 1. The van der Waals surface area contributed by atoms with Crippen molar-refractivity contribution in [2.24, 2.45) is 0 Å². The third-order valence-corrected chi connectivity index (χ3v) is 7.30. The van der Waals surface area contributed by atoms with Gasteiger partial charge in [0.15, 0.2) is 0 Å². The second kappa shape index (κ2) is 10.7. The predicted octanol–water partition coefficient (Wildman–Crippen LogP) is 4.18. The van der Waals surface area contributed by atoms with Crippen molar-refractivity contribution in [1.29, 1.82) is 0 Å². The largest absolute Gasteiger partial charge is 0.352 e. The standard InChI is InChI=1S/C22H27Cl2N3O3S/c1-31(29,30)27(16-18-6-4-7-20(23)21(18)24)19-10-8-17(9-11-19)22(28)25-12-5-15-26-13-2-3-14-26/h4,6-11H,2-3,5,12-16H2,1H3,(H,25,28). The van der Waals surface area contributed by atoms with Gasteiger partial charge in [0, 0.05) is 12.1 Å². The maximum atomic E-state index is 12.4. The number of carbonyl (C=O) groups is 1. The monoisotopic (exact) mass is 483 g/mol. The van der Waals surface area contributed by atoms with Crippen LogP contribution in [0.1, 0.15) is 35.2 Å². The van der Waals surface area contributed by atoms with Gasteiger partial charge in [-0.25, -0.2) is 8.42 Å². The van der Waals surface area contributed by atoms with Crippen molar-refractivity contribution in [2.45, 2.75) is 25.8 Å². The van der Waals surface area contributed by atoms with Crippen LogP contribution in [0.2, 0.25) is 10.0 Å². The van der Waals surface area contributed by atoms with Crippen LogP contribution in [0, 0.1) is 0 Å². The number of nitrogens with zero attached hydrogens (tertiary/aromatic N) is 2. The Kier molecular flexibility index (Phi) is 8.22. The molecule has 0 unspecified atom stereocenters. The molecule has 9 heteroatoms. The Hall–Kier alpha value is -1.80. The third-order valence-electron chi connectivity index (χ3n) is 5.30. The highest BCUT2D eigenvalue weighted by atomic mass is 35.5. The third kappa shape index (κ3) is 6.59. The molecular weight excluding hydrogens is 457 g/mol. The predicted molar refractivity (Wildman–Crippen MR) is 127 cm³/mol. The van der Waals surface area contributed by atoms with Crippen LogP contribution in [0.5, 0.6) is 0 Å². The van der Waals surface area contributed by atoms with Crippen molar-refractivity contribution in [3.05, 3.63) is 63.6 Å². The fourth-order valence-electron chi connectivity index (χ4n) is 3.62. The summed E-state index contributed by atoms with van der Waals surface area (Å²) in [6.45, 7) is 3.94. The normalized spacial score (nSPS) is 14.5. The van der Waals surface area contributed by atoms with E-state index in [0.717, 1.165) is 32.3 Å². The molecule has 1 amide bonds. The molecule has 0 aliphatic carbocycles. The highest BCUT2D eigenvalue weighted by Crippen LogP contribution is 2.29. The van der Waals surface area contributed by atoms with E-state index >= 15 is 0 Å². The average molecular weight is 484 g/mol. The molecule has 1 heterocycles. The topological polar surface area (TPSA) is 69.7 Å². The van der Waals surface area contributed by atoms with Gasteiger partial charge in [-0.15, -0.1) is 0 Å². The zero-order chi connectivity index (χ0) is 22.4. The lowest BCUT2D eigenvalue weighted by atomic mass is 10.1. The number of likely N-dealkylation sites (tertiary alicyclic amines) is 1. The van der Waals surface area contributed by atoms with Crippen LogP contribution in [0.4, 0.5) is 5.69 Å². The summed E-state index contributed by atoms with van der Waals surface area (Å²) in [7, 11) is -3.58. The van der Waals surface area contributed by atoms with Crippen molar-refractivity contribution in [3.8, 4) is 0 Å². The maximum Gasteiger partial charge on any atom is 0.251 e. The van der Waals surface area contributed by atoms with Gasteiger partial charge in [0.05, 0.1) is 28.5 Å². The first-order valence-electron chi connectivity index (χ1n) is 10.3. The van der Waals surface area contributed by atoms with E-state index in [1.54, 1.807) is 42.5 Å². The lowest BCUT2D eigenvalue weighted by Crippen LogP contribution is -2.30. The number of carbonyl (C=O) groups excluding carboxylic acids is 1. The van der Waals surface area contributed by atoms with Gasteiger partial charge in [0.2, 0.25) is 10.0 Å². The molecule has 0 saturated carbocycles. The van der Waals surface area contributed by atoms with Crippen molar-refractivity contribution >= 4 is 44.8 Å². The summed E-state index contributed by atoms with van der Waals surface area (Å²) in [4.78, 5) is 14.8. The van der Waals surface area contributed by atoms with E-state index in [-0.39, 0.29) is 12.5 Å². The molecule has 3 rings (SSSR count). The summed E-state index contributed by atoms with van der Waals surface area (Å²) in [6.07, 6.45) is 4.55. The van der Waals surface area contributed by atoms with E-state index in [1.807, 2.05) is 0 Å². The number of rotatable bonds is 9. The molecule has 0 radical (unpaired) electrons. The van der Waals surface area contributed by atoms with Gasteiger partial charge in [0.25, 0.3) is 5.91 Å². The fourth-order valence-corrected chi connectivity index (χ4v) is 4.88. The minimum absolute atomic E-state index is 0.0419. The van der Waals surface area contributed by atoms with E-state index in [9.17, 15) is 13.2 Å². The molecule has 1 fully saturated rings. The first-order chi connectivity index (χ1) is 14.8. The quantitative estimate of drug-likeness (QED) is 0.543. The summed E-state index contributed by atoms with van der Waals surface area (Å²) in [5.74, 6) is -0.170. The summed E-state index contributed by atoms with van der Waals surface area (Å²) >= 11 is 12.3. The van der Waals surface area contributed by atoms with Crippen LogP contribution in [-0.2, 0) is 16.6 Å². The van der Waals surface area contributed by atoms with Crippen molar-refractivity contribution in [1.82, 2.24) is 10.2 Å². The second-order valence-corrected chi connectivity index (χ2v) is 10.4. The van der Waals surface area contributed by atoms with Crippen LogP contribution in [0.3, 0.4) is 0 Å². The highest BCUT2D eigenvalue weighted by Gasteiger charge is 2.20. The van der Waals surface area contributed by atoms with E-state index < -0.39 is 10.0 Å². The molecular formula is C22H27Cl2N3O3S. The molecule has 1 N–H and O–H groups in total. The van der Waals surface area contributed by atoms with Crippen LogP contribution >= 0.6 is 23.2 Å². The summed E-state index contributed by atoms with van der Waals surface area (Å²) < 4.78 is 26.0. The molecule has 1 aliphatic rings. The average Bonchev–Trinajstić information content (AvgIpc) is 3.25. The number of hydrogen-bond acceptors (Lipinski definition) is 4. The fraction of sp³-hybridized carbons (Fsp3) is 0.409. The first kappa shape index (κ1) is 23.9.